The molecule has 3 aliphatic rings. The first-order valence-corrected chi connectivity index (χ1v) is 19.9. The maximum atomic E-state index is 14.3. The summed E-state index contributed by atoms with van der Waals surface area (Å²) in [5, 5.41) is 134. The zero-order valence-electron chi connectivity index (χ0n) is 33.6. The molecule has 64 heavy (non-hydrogen) atoms. The van der Waals surface area contributed by atoms with Gasteiger partial charge in [-0.2, -0.15) is 0 Å². The standard InChI is InChI=1S/C42H48O22/c1-16-28(48)32(52)35(55)40(58-16)64-39-34(54)30(50)26(15-44)62-42(39)63-38-31(51)27-22(47)12-21(13-24(27)59-37(38)18-5-7-19(45)8-6-18)57-10-2-3-17-4-9-20(46)11-23(17)60-41-36(56)33(53)29(49)25(14-43)61-41/h2-9,11-13,16,25-26,28-30,32-36,39-50,52-56H,10,14-15H2,1H3/t16-,25+,26+,28-,29+,30+,32+,33-,34-,35+,36+,39+,40-,41+,42-/m0/s1. The van der Waals surface area contributed by atoms with Crippen molar-refractivity contribution < 1.29 is 104 Å². The highest BCUT2D eigenvalue weighted by molar-refractivity contribution is 5.88. The molecule has 0 spiro atoms. The second-order valence-corrected chi connectivity index (χ2v) is 15.3. The smallest absolute Gasteiger partial charge is 0.239 e. The van der Waals surface area contributed by atoms with Crippen LogP contribution in [0.25, 0.3) is 28.4 Å². The van der Waals surface area contributed by atoms with Gasteiger partial charge in [0.05, 0.1) is 19.3 Å². The largest absolute Gasteiger partial charge is 0.508 e. The maximum Gasteiger partial charge on any atom is 0.239 e. The monoisotopic (exact) mass is 904 g/mol. The first-order valence-electron chi connectivity index (χ1n) is 19.9. The first-order chi connectivity index (χ1) is 30.5. The molecule has 3 aromatic carbocycles. The van der Waals surface area contributed by atoms with Gasteiger partial charge in [0.2, 0.25) is 23.8 Å². The molecule has 1 aromatic heterocycles. The van der Waals surface area contributed by atoms with Crippen LogP contribution in [-0.2, 0) is 18.9 Å². The number of phenols is 3. The number of hydrogen-bond acceptors (Lipinski definition) is 22. The van der Waals surface area contributed by atoms with Gasteiger partial charge in [0, 0.05) is 29.3 Å². The van der Waals surface area contributed by atoms with Crippen LogP contribution in [0.5, 0.6) is 34.5 Å². The summed E-state index contributed by atoms with van der Waals surface area (Å²) in [5.74, 6) is -2.01. The van der Waals surface area contributed by atoms with Crippen LogP contribution in [0.3, 0.4) is 0 Å². The molecule has 3 aliphatic heterocycles. The molecular weight excluding hydrogens is 856 g/mol. The Balaban J connectivity index is 1.17. The second kappa shape index (κ2) is 19.5. The Bertz CT molecular complexity index is 2320. The molecule has 0 aliphatic carbocycles. The Morgan fingerprint density at radius 1 is 0.656 bits per heavy atom. The lowest BCUT2D eigenvalue weighted by atomic mass is 9.97. The molecular formula is C42H48O22. The molecule has 13 N–H and O–H groups in total. The molecule has 7 rings (SSSR count). The van der Waals surface area contributed by atoms with Gasteiger partial charge in [0.15, 0.2) is 18.2 Å². The Labute approximate surface area is 361 Å². The molecule has 22 heteroatoms. The molecule has 0 radical (unpaired) electrons. The Morgan fingerprint density at radius 2 is 1.28 bits per heavy atom. The van der Waals surface area contributed by atoms with E-state index in [2.05, 4.69) is 0 Å². The van der Waals surface area contributed by atoms with E-state index >= 15 is 0 Å². The van der Waals surface area contributed by atoms with E-state index in [0.29, 0.717) is 5.56 Å². The number of benzene rings is 3. The average Bonchev–Trinajstić information content (AvgIpc) is 3.27. The van der Waals surface area contributed by atoms with Gasteiger partial charge in [0.1, 0.15) is 107 Å². The average molecular weight is 905 g/mol. The van der Waals surface area contributed by atoms with Crippen LogP contribution in [0, 0.1) is 0 Å². The van der Waals surface area contributed by atoms with Crippen LogP contribution in [0.4, 0.5) is 0 Å². The molecule has 15 atom stereocenters. The summed E-state index contributed by atoms with van der Waals surface area (Å²) in [6.45, 7) is -0.347. The van der Waals surface area contributed by atoms with Crippen molar-refractivity contribution in [2.75, 3.05) is 19.8 Å². The molecule has 4 aromatic rings. The fourth-order valence-corrected chi connectivity index (χ4v) is 7.32. The number of aromatic hydroxyl groups is 3. The van der Waals surface area contributed by atoms with Crippen molar-refractivity contribution in [1.29, 1.82) is 0 Å². The number of fused-ring (bicyclic) bond motifs is 1. The topological polar surface area (TPSA) is 358 Å². The summed E-state index contributed by atoms with van der Waals surface area (Å²) >= 11 is 0. The third kappa shape index (κ3) is 9.47. The van der Waals surface area contributed by atoms with Gasteiger partial charge >= 0.3 is 0 Å². The van der Waals surface area contributed by atoms with Gasteiger partial charge in [-0.25, -0.2) is 0 Å². The first kappa shape index (κ1) is 46.8. The van der Waals surface area contributed by atoms with Crippen LogP contribution in [-0.4, -0.2) is 178 Å². The van der Waals surface area contributed by atoms with E-state index in [1.165, 1.54) is 67.6 Å². The minimum Gasteiger partial charge on any atom is -0.508 e. The van der Waals surface area contributed by atoms with Crippen LogP contribution in [0.2, 0.25) is 0 Å². The summed E-state index contributed by atoms with van der Waals surface area (Å²) < 4.78 is 46.2. The summed E-state index contributed by atoms with van der Waals surface area (Å²) in [4.78, 5) is 14.3. The van der Waals surface area contributed by atoms with Gasteiger partial charge in [-0.05, 0) is 49.4 Å². The number of rotatable bonds is 13. The predicted molar refractivity (Wildman–Crippen MR) is 214 cm³/mol. The molecule has 3 saturated heterocycles. The zero-order chi connectivity index (χ0) is 46.1. The fraction of sp³-hybridized carbons (Fsp3) is 0.452. The van der Waals surface area contributed by atoms with E-state index in [0.717, 1.165) is 6.07 Å². The SMILES string of the molecule is C[C@@H]1O[C@@H](O[C@H]2[C@H](Oc3c(-c4ccc(O)cc4)oc4cc(OCC=Cc5ccc(O)cc5O[C@@H]5O[C@H](CO)[C@@H](O)[C@H](O)[C@H]5O)cc(O)c4c3=O)O[C@H](CO)[C@@H](O)[C@@H]2O)[C@H](O)[C@H](O)[C@H]1O. The van der Waals surface area contributed by atoms with Crippen molar-refractivity contribution in [3.8, 4) is 45.8 Å². The van der Waals surface area contributed by atoms with E-state index in [1.54, 1.807) is 0 Å². The number of phenolic OH excluding ortho intramolecular Hbond substituents is 3. The number of aliphatic hydroxyl groups excluding tert-OH is 10. The summed E-state index contributed by atoms with van der Waals surface area (Å²) in [7, 11) is 0. The fourth-order valence-electron chi connectivity index (χ4n) is 7.32. The normalized spacial score (nSPS) is 33.3. The molecule has 22 nitrogen and oxygen atoms in total. The molecule has 3 fully saturated rings. The minimum atomic E-state index is -1.94. The van der Waals surface area contributed by atoms with E-state index in [-0.39, 0.29) is 46.5 Å². The van der Waals surface area contributed by atoms with Crippen LogP contribution >= 0.6 is 0 Å². The van der Waals surface area contributed by atoms with Crippen molar-refractivity contribution in [2.45, 2.75) is 99.0 Å². The highest BCUT2D eigenvalue weighted by Gasteiger charge is 2.51. The van der Waals surface area contributed by atoms with E-state index in [4.69, 9.17) is 37.6 Å². The van der Waals surface area contributed by atoms with Crippen LogP contribution < -0.4 is 19.6 Å². The molecule has 348 valence electrons. The Kier molecular flexibility index (Phi) is 14.3. The van der Waals surface area contributed by atoms with Crippen molar-refractivity contribution in [3.05, 3.63) is 76.5 Å². The van der Waals surface area contributed by atoms with E-state index < -0.39 is 128 Å². The third-order valence-electron chi connectivity index (χ3n) is 10.9. The van der Waals surface area contributed by atoms with Crippen LogP contribution in [0.1, 0.15) is 12.5 Å². The Morgan fingerprint density at radius 3 is 1.97 bits per heavy atom. The molecule has 4 heterocycles. The van der Waals surface area contributed by atoms with Gasteiger partial charge < -0.3 is 104 Å². The summed E-state index contributed by atoms with van der Waals surface area (Å²) in [6, 6.07) is 11.6. The predicted octanol–water partition coefficient (Wildman–Crippen LogP) is -2.12. The molecule has 0 unspecified atom stereocenters. The van der Waals surface area contributed by atoms with Gasteiger partial charge in [-0.15, -0.1) is 0 Å². The lowest BCUT2D eigenvalue weighted by Crippen LogP contribution is -2.64. The quantitative estimate of drug-likeness (QED) is 0.0682. The number of hydrogen-bond donors (Lipinski definition) is 13. The Hall–Kier alpha value is -5.15. The van der Waals surface area contributed by atoms with E-state index in [1.807, 2.05) is 0 Å². The summed E-state index contributed by atoms with van der Waals surface area (Å²) in [6.07, 6.45) is -21.8. The summed E-state index contributed by atoms with van der Waals surface area (Å²) in [5.41, 5.74) is -0.764. The lowest BCUT2D eigenvalue weighted by molar-refractivity contribution is -0.354. The highest BCUT2D eigenvalue weighted by atomic mass is 16.8. The van der Waals surface area contributed by atoms with Crippen LogP contribution in [0.15, 0.2) is 69.9 Å². The van der Waals surface area contributed by atoms with Crippen molar-refractivity contribution in [1.82, 2.24) is 0 Å². The minimum absolute atomic E-state index is 0.00817. The molecule has 0 amide bonds. The van der Waals surface area contributed by atoms with Crippen molar-refractivity contribution in [3.63, 3.8) is 0 Å². The number of aliphatic hydroxyl groups is 10. The van der Waals surface area contributed by atoms with Gasteiger partial charge in [-0.3, -0.25) is 4.79 Å². The zero-order valence-corrected chi connectivity index (χ0v) is 33.6. The second-order valence-electron chi connectivity index (χ2n) is 15.3. The third-order valence-corrected chi connectivity index (χ3v) is 10.9. The highest BCUT2D eigenvalue weighted by Crippen LogP contribution is 2.39. The molecule has 0 bridgehead atoms. The van der Waals surface area contributed by atoms with Crippen molar-refractivity contribution in [2.24, 2.45) is 0 Å². The van der Waals surface area contributed by atoms with E-state index in [9.17, 15) is 71.2 Å². The van der Waals surface area contributed by atoms with Gasteiger partial charge in [0.25, 0.3) is 0 Å². The lowest BCUT2D eigenvalue weighted by Gasteiger charge is -2.45. The molecule has 0 saturated carbocycles. The number of ether oxygens (including phenoxy) is 7. The van der Waals surface area contributed by atoms with Crippen molar-refractivity contribution >= 4 is 17.0 Å². The van der Waals surface area contributed by atoms with Gasteiger partial charge in [-0.1, -0.05) is 6.08 Å². The maximum absolute atomic E-state index is 14.3.